The molecule has 0 amide bonds. The van der Waals surface area contributed by atoms with Crippen LogP contribution >= 0.6 is 22.6 Å². The highest BCUT2D eigenvalue weighted by atomic mass is 127. The topological polar surface area (TPSA) is 20.2 Å². The Kier molecular flexibility index (Phi) is 2.98. The van der Waals surface area contributed by atoms with Gasteiger partial charge in [0.2, 0.25) is 0 Å². The lowest BCUT2D eigenvalue weighted by Gasteiger charge is -2.06. The number of aliphatic hydroxyl groups excluding tert-OH is 1. The van der Waals surface area contributed by atoms with Gasteiger partial charge in [0.25, 0.3) is 0 Å². The van der Waals surface area contributed by atoms with Crippen molar-refractivity contribution in [3.05, 3.63) is 10.2 Å². The van der Waals surface area contributed by atoms with Crippen molar-refractivity contribution in [3.63, 3.8) is 0 Å². The number of aliphatic hydroxyl groups is 1. The zero-order valence-corrected chi connectivity index (χ0v) is 7.41. The highest BCUT2D eigenvalue weighted by Gasteiger charge is 2.21. The minimum atomic E-state index is -0.0592. The predicted molar refractivity (Wildman–Crippen MR) is 46.5 cm³/mol. The SMILES string of the molecule is O[C@@H]1CCC[C@H]1/C=C/I. The predicted octanol–water partition coefficient (Wildman–Crippen LogP) is 2.10. The summed E-state index contributed by atoms with van der Waals surface area (Å²) < 4.78 is 2.00. The second-order valence-electron chi connectivity index (χ2n) is 2.48. The number of hydrogen-bond acceptors (Lipinski definition) is 1. The third-order valence-electron chi connectivity index (χ3n) is 1.85. The van der Waals surface area contributed by atoms with Crippen LogP contribution < -0.4 is 0 Å². The molecule has 1 rings (SSSR count). The molecule has 0 heterocycles. The van der Waals surface area contributed by atoms with Crippen LogP contribution in [0.5, 0.6) is 0 Å². The molecule has 0 aliphatic heterocycles. The fourth-order valence-corrected chi connectivity index (χ4v) is 1.82. The Morgan fingerprint density at radius 1 is 1.44 bits per heavy atom. The number of rotatable bonds is 1. The summed E-state index contributed by atoms with van der Waals surface area (Å²) >= 11 is 2.20. The molecule has 0 bridgehead atoms. The van der Waals surface area contributed by atoms with Gasteiger partial charge in [-0.05, 0) is 16.9 Å². The first kappa shape index (κ1) is 7.54. The number of halogens is 1. The van der Waals surface area contributed by atoms with E-state index in [-0.39, 0.29) is 6.10 Å². The van der Waals surface area contributed by atoms with E-state index in [1.165, 1.54) is 12.8 Å². The first-order chi connectivity index (χ1) is 4.34. The van der Waals surface area contributed by atoms with Crippen molar-refractivity contribution in [3.8, 4) is 0 Å². The second kappa shape index (κ2) is 3.56. The molecule has 1 saturated carbocycles. The highest BCUT2D eigenvalue weighted by molar-refractivity contribution is 14.1. The van der Waals surface area contributed by atoms with Crippen LogP contribution in [0.1, 0.15) is 19.3 Å². The van der Waals surface area contributed by atoms with Crippen LogP contribution in [0, 0.1) is 5.92 Å². The van der Waals surface area contributed by atoms with E-state index in [1.54, 1.807) is 0 Å². The Bertz CT molecular complexity index is 111. The van der Waals surface area contributed by atoms with Gasteiger partial charge in [0.15, 0.2) is 0 Å². The molecule has 0 radical (unpaired) electrons. The maximum atomic E-state index is 9.27. The molecule has 2 heteroatoms. The van der Waals surface area contributed by atoms with E-state index in [0.717, 1.165) is 6.42 Å². The largest absolute Gasteiger partial charge is 0.393 e. The van der Waals surface area contributed by atoms with Gasteiger partial charge < -0.3 is 5.11 Å². The first-order valence-corrected chi connectivity index (χ1v) is 4.54. The zero-order chi connectivity index (χ0) is 6.69. The molecular weight excluding hydrogens is 227 g/mol. The summed E-state index contributed by atoms with van der Waals surface area (Å²) in [7, 11) is 0. The molecule has 52 valence electrons. The first-order valence-electron chi connectivity index (χ1n) is 3.29. The van der Waals surface area contributed by atoms with Crippen LogP contribution in [-0.4, -0.2) is 11.2 Å². The summed E-state index contributed by atoms with van der Waals surface area (Å²) in [5.74, 6) is 0.446. The van der Waals surface area contributed by atoms with Crippen molar-refractivity contribution in [1.29, 1.82) is 0 Å². The van der Waals surface area contributed by atoms with Gasteiger partial charge in [-0.3, -0.25) is 0 Å². The molecule has 1 N–H and O–H groups in total. The summed E-state index contributed by atoms with van der Waals surface area (Å²) in [6.07, 6.45) is 5.38. The average molecular weight is 238 g/mol. The van der Waals surface area contributed by atoms with Crippen molar-refractivity contribution in [2.75, 3.05) is 0 Å². The smallest absolute Gasteiger partial charge is 0.0603 e. The Hall–Kier alpha value is 0.430. The Morgan fingerprint density at radius 3 is 2.67 bits per heavy atom. The maximum absolute atomic E-state index is 9.27. The molecule has 1 fully saturated rings. The molecule has 1 nitrogen and oxygen atoms in total. The lowest BCUT2D eigenvalue weighted by atomic mass is 10.1. The molecule has 0 spiro atoms. The van der Waals surface area contributed by atoms with Crippen LogP contribution in [-0.2, 0) is 0 Å². The van der Waals surface area contributed by atoms with Crippen molar-refractivity contribution >= 4 is 22.6 Å². The molecule has 2 atom stereocenters. The van der Waals surface area contributed by atoms with Crippen LogP contribution in [0.4, 0.5) is 0 Å². The van der Waals surface area contributed by atoms with E-state index in [9.17, 15) is 5.11 Å². The lowest BCUT2D eigenvalue weighted by Crippen LogP contribution is -2.09. The zero-order valence-electron chi connectivity index (χ0n) is 5.26. The van der Waals surface area contributed by atoms with Crippen molar-refractivity contribution in [2.24, 2.45) is 5.92 Å². The van der Waals surface area contributed by atoms with Gasteiger partial charge in [-0.1, -0.05) is 35.1 Å². The summed E-state index contributed by atoms with van der Waals surface area (Å²) in [6, 6.07) is 0. The molecule has 0 saturated heterocycles. The van der Waals surface area contributed by atoms with E-state index < -0.39 is 0 Å². The Labute approximate surface area is 69.3 Å². The van der Waals surface area contributed by atoms with E-state index >= 15 is 0 Å². The molecule has 0 aromatic rings. The molecule has 9 heavy (non-hydrogen) atoms. The fourth-order valence-electron chi connectivity index (χ4n) is 1.29. The van der Waals surface area contributed by atoms with E-state index in [1.807, 2.05) is 4.08 Å². The van der Waals surface area contributed by atoms with Crippen LogP contribution in [0.3, 0.4) is 0 Å². The van der Waals surface area contributed by atoms with Gasteiger partial charge in [0.05, 0.1) is 6.10 Å². The lowest BCUT2D eigenvalue weighted by molar-refractivity contribution is 0.153. The quantitative estimate of drug-likeness (QED) is 0.693. The average Bonchev–Trinajstić information content (AvgIpc) is 2.18. The highest BCUT2D eigenvalue weighted by Crippen LogP contribution is 2.26. The van der Waals surface area contributed by atoms with Crippen molar-refractivity contribution in [2.45, 2.75) is 25.4 Å². The van der Waals surface area contributed by atoms with Gasteiger partial charge in [0.1, 0.15) is 0 Å². The Balaban J connectivity index is 2.39. The van der Waals surface area contributed by atoms with Crippen LogP contribution in [0.2, 0.25) is 0 Å². The second-order valence-corrected chi connectivity index (χ2v) is 3.20. The normalized spacial score (nSPS) is 36.2. The minimum Gasteiger partial charge on any atom is -0.393 e. The van der Waals surface area contributed by atoms with E-state index in [0.29, 0.717) is 5.92 Å². The minimum absolute atomic E-state index is 0.0592. The standard InChI is InChI=1S/C7H11IO/c8-5-4-6-2-1-3-7(6)9/h4-7,9H,1-3H2/b5-4+/t6-,7+/m0/s1. The van der Waals surface area contributed by atoms with Gasteiger partial charge in [-0.15, -0.1) is 0 Å². The molecule has 1 aliphatic rings. The van der Waals surface area contributed by atoms with Gasteiger partial charge in [0, 0.05) is 5.92 Å². The summed E-state index contributed by atoms with van der Waals surface area (Å²) in [4.78, 5) is 0. The molecular formula is C7H11IO. The van der Waals surface area contributed by atoms with Crippen molar-refractivity contribution in [1.82, 2.24) is 0 Å². The van der Waals surface area contributed by atoms with E-state index in [2.05, 4.69) is 28.7 Å². The molecule has 0 aromatic heterocycles. The molecule has 0 aromatic carbocycles. The molecule has 1 aliphatic carbocycles. The van der Waals surface area contributed by atoms with Crippen LogP contribution in [0.25, 0.3) is 0 Å². The molecule has 0 unspecified atom stereocenters. The third-order valence-corrected chi connectivity index (χ3v) is 2.27. The summed E-state index contributed by atoms with van der Waals surface area (Å²) in [5, 5.41) is 9.27. The maximum Gasteiger partial charge on any atom is 0.0603 e. The van der Waals surface area contributed by atoms with Crippen molar-refractivity contribution < 1.29 is 5.11 Å². The number of hydrogen-bond donors (Lipinski definition) is 1. The third kappa shape index (κ3) is 1.93. The summed E-state index contributed by atoms with van der Waals surface area (Å²) in [5.41, 5.74) is 0. The van der Waals surface area contributed by atoms with E-state index in [4.69, 9.17) is 0 Å². The Morgan fingerprint density at radius 2 is 2.22 bits per heavy atom. The van der Waals surface area contributed by atoms with Gasteiger partial charge >= 0.3 is 0 Å². The van der Waals surface area contributed by atoms with Gasteiger partial charge in [-0.25, -0.2) is 0 Å². The van der Waals surface area contributed by atoms with Crippen LogP contribution in [0.15, 0.2) is 10.2 Å². The fraction of sp³-hybridized carbons (Fsp3) is 0.714. The summed E-state index contributed by atoms with van der Waals surface area (Å²) in [6.45, 7) is 0. The van der Waals surface area contributed by atoms with Gasteiger partial charge in [-0.2, -0.15) is 0 Å². The monoisotopic (exact) mass is 238 g/mol.